The number of nitrogens with one attached hydrogen (secondary N) is 1. The molecule has 0 aromatic rings. The largest absolute Gasteiger partial charge is 0.314 e. The fourth-order valence-electron chi connectivity index (χ4n) is 1.76. The second-order valence-electron chi connectivity index (χ2n) is 3.07. The van der Waals surface area contributed by atoms with E-state index in [0.717, 1.165) is 19.5 Å². The van der Waals surface area contributed by atoms with Crippen LogP contribution in [0.5, 0.6) is 0 Å². The number of nitrogens with zero attached hydrogens (tertiary/aromatic N) is 1. The van der Waals surface area contributed by atoms with Crippen LogP contribution in [0.25, 0.3) is 0 Å². The van der Waals surface area contributed by atoms with E-state index in [1.807, 2.05) is 0 Å². The maximum atomic E-state index is 11.3. The Morgan fingerprint density at radius 3 is 2.83 bits per heavy atom. The molecule has 0 aliphatic carbocycles. The summed E-state index contributed by atoms with van der Waals surface area (Å²) < 4.78 is 24.2. The van der Waals surface area contributed by atoms with E-state index in [1.54, 1.807) is 4.31 Å². The van der Waals surface area contributed by atoms with E-state index in [1.165, 1.54) is 0 Å². The Bertz CT molecular complexity index is 254. The molecule has 72 valence electrons. The van der Waals surface area contributed by atoms with Gasteiger partial charge in [0.1, 0.15) is 0 Å². The molecule has 2 aliphatic rings. The number of hydrogen-bond donors (Lipinski definition) is 1. The van der Waals surface area contributed by atoms with Crippen LogP contribution in [0.2, 0.25) is 0 Å². The third-order valence-corrected chi connectivity index (χ3v) is 4.31. The first-order chi connectivity index (χ1) is 5.20. The molecule has 2 fully saturated rings. The van der Waals surface area contributed by atoms with E-state index < -0.39 is 10.0 Å². The average Bonchev–Trinajstić information content (AvgIpc) is 2.29. The second kappa shape index (κ2) is 3.49. The number of rotatable bonds is 0. The second-order valence-corrected chi connectivity index (χ2v) is 5.11. The van der Waals surface area contributed by atoms with E-state index in [0.29, 0.717) is 12.3 Å². The molecular formula is C6H13ClN2O2S. The zero-order valence-electron chi connectivity index (χ0n) is 6.69. The van der Waals surface area contributed by atoms with Gasteiger partial charge in [0.25, 0.3) is 0 Å². The molecule has 0 bridgehead atoms. The van der Waals surface area contributed by atoms with Crippen molar-refractivity contribution in [2.45, 2.75) is 12.5 Å². The number of fused-ring (bicyclic) bond motifs is 1. The van der Waals surface area contributed by atoms with Crippen molar-refractivity contribution in [1.29, 1.82) is 0 Å². The molecular weight excluding hydrogens is 200 g/mol. The Hall–Kier alpha value is 0.160. The average molecular weight is 213 g/mol. The SMILES string of the molecule is Cl.O=S1(=O)CCC2CNCCN21. The van der Waals surface area contributed by atoms with Gasteiger partial charge in [0, 0.05) is 25.7 Å². The molecule has 0 aromatic carbocycles. The predicted molar refractivity (Wildman–Crippen MR) is 49.0 cm³/mol. The van der Waals surface area contributed by atoms with Crippen LogP contribution in [0.1, 0.15) is 6.42 Å². The van der Waals surface area contributed by atoms with Crippen molar-refractivity contribution in [2.24, 2.45) is 0 Å². The topological polar surface area (TPSA) is 49.4 Å². The molecule has 4 nitrogen and oxygen atoms in total. The summed E-state index contributed by atoms with van der Waals surface area (Å²) in [5.41, 5.74) is 0. The van der Waals surface area contributed by atoms with Crippen LogP contribution in [0.15, 0.2) is 0 Å². The van der Waals surface area contributed by atoms with Gasteiger partial charge in [-0.2, -0.15) is 4.31 Å². The number of sulfonamides is 1. The molecule has 0 spiro atoms. The summed E-state index contributed by atoms with van der Waals surface area (Å²) in [4.78, 5) is 0. The van der Waals surface area contributed by atoms with Crippen molar-refractivity contribution in [3.05, 3.63) is 0 Å². The normalized spacial score (nSPS) is 33.8. The van der Waals surface area contributed by atoms with Crippen LogP contribution in [0.4, 0.5) is 0 Å². The summed E-state index contributed by atoms with van der Waals surface area (Å²) in [6, 6.07) is 0.244. The van der Waals surface area contributed by atoms with E-state index in [-0.39, 0.29) is 18.4 Å². The molecule has 1 N–H and O–H groups in total. The maximum Gasteiger partial charge on any atom is 0.214 e. The predicted octanol–water partition coefficient (Wildman–Crippen LogP) is -0.584. The summed E-state index contributed by atoms with van der Waals surface area (Å²) in [5, 5.41) is 3.19. The Labute approximate surface area is 78.8 Å². The van der Waals surface area contributed by atoms with Crippen molar-refractivity contribution >= 4 is 22.4 Å². The van der Waals surface area contributed by atoms with Crippen LogP contribution in [-0.4, -0.2) is 44.2 Å². The highest BCUT2D eigenvalue weighted by Crippen LogP contribution is 2.21. The Morgan fingerprint density at radius 2 is 2.17 bits per heavy atom. The lowest BCUT2D eigenvalue weighted by molar-refractivity contribution is 0.287. The monoisotopic (exact) mass is 212 g/mol. The third kappa shape index (κ3) is 1.59. The smallest absolute Gasteiger partial charge is 0.214 e. The Morgan fingerprint density at radius 1 is 1.42 bits per heavy atom. The molecule has 2 aliphatic heterocycles. The first kappa shape index (κ1) is 10.2. The fraction of sp³-hybridized carbons (Fsp3) is 1.00. The summed E-state index contributed by atoms with van der Waals surface area (Å²) in [6.45, 7) is 2.29. The molecule has 1 unspecified atom stereocenters. The summed E-state index contributed by atoms with van der Waals surface area (Å²) in [7, 11) is -2.85. The molecule has 0 aromatic heterocycles. The van der Waals surface area contributed by atoms with Crippen LogP contribution in [0.3, 0.4) is 0 Å². The zero-order chi connectivity index (χ0) is 7.90. The maximum absolute atomic E-state index is 11.3. The van der Waals surface area contributed by atoms with Crippen LogP contribution in [-0.2, 0) is 10.0 Å². The lowest BCUT2D eigenvalue weighted by Gasteiger charge is -2.28. The van der Waals surface area contributed by atoms with E-state index in [9.17, 15) is 8.42 Å². The van der Waals surface area contributed by atoms with Crippen LogP contribution >= 0.6 is 12.4 Å². The number of hydrogen-bond acceptors (Lipinski definition) is 3. The standard InChI is InChI=1S/C6H12N2O2S.ClH/c9-11(10)4-1-6-5-7-2-3-8(6)11;/h6-7H,1-5H2;1H. The summed E-state index contributed by atoms with van der Waals surface area (Å²) in [6.07, 6.45) is 0.801. The molecule has 0 amide bonds. The van der Waals surface area contributed by atoms with Gasteiger partial charge in [0.15, 0.2) is 0 Å². The van der Waals surface area contributed by atoms with Gasteiger partial charge in [0.2, 0.25) is 10.0 Å². The molecule has 2 rings (SSSR count). The van der Waals surface area contributed by atoms with Crippen molar-refractivity contribution in [3.63, 3.8) is 0 Å². The first-order valence-electron chi connectivity index (χ1n) is 3.90. The molecule has 0 saturated carbocycles. The molecule has 12 heavy (non-hydrogen) atoms. The van der Waals surface area contributed by atoms with Crippen molar-refractivity contribution < 1.29 is 8.42 Å². The first-order valence-corrected chi connectivity index (χ1v) is 5.51. The molecule has 2 saturated heterocycles. The lowest BCUT2D eigenvalue weighted by atomic mass is 10.2. The lowest BCUT2D eigenvalue weighted by Crippen LogP contribution is -2.49. The van der Waals surface area contributed by atoms with Crippen molar-refractivity contribution in [3.8, 4) is 0 Å². The molecule has 1 atom stereocenters. The Balaban J connectivity index is 0.000000720. The molecule has 6 heteroatoms. The van der Waals surface area contributed by atoms with Gasteiger partial charge < -0.3 is 5.32 Å². The minimum Gasteiger partial charge on any atom is -0.314 e. The van der Waals surface area contributed by atoms with Crippen molar-refractivity contribution in [1.82, 2.24) is 9.62 Å². The molecule has 0 radical (unpaired) electrons. The third-order valence-electron chi connectivity index (χ3n) is 2.36. The Kier molecular flexibility index (Phi) is 2.98. The van der Waals surface area contributed by atoms with Crippen molar-refractivity contribution in [2.75, 3.05) is 25.4 Å². The molecule has 2 heterocycles. The highest BCUT2D eigenvalue weighted by molar-refractivity contribution is 7.89. The quantitative estimate of drug-likeness (QED) is 0.585. The number of halogens is 1. The van der Waals surface area contributed by atoms with E-state index >= 15 is 0 Å². The minimum absolute atomic E-state index is 0. The number of piperazine rings is 1. The summed E-state index contributed by atoms with van der Waals surface area (Å²) >= 11 is 0. The van der Waals surface area contributed by atoms with Gasteiger partial charge in [0.05, 0.1) is 5.75 Å². The fourth-order valence-corrected chi connectivity index (χ4v) is 3.56. The van der Waals surface area contributed by atoms with Gasteiger partial charge >= 0.3 is 0 Å². The highest BCUT2D eigenvalue weighted by Gasteiger charge is 2.38. The van der Waals surface area contributed by atoms with Gasteiger partial charge in [-0.3, -0.25) is 0 Å². The van der Waals surface area contributed by atoms with Gasteiger partial charge in [-0.1, -0.05) is 0 Å². The van der Waals surface area contributed by atoms with E-state index in [2.05, 4.69) is 5.32 Å². The zero-order valence-corrected chi connectivity index (χ0v) is 8.33. The summed E-state index contributed by atoms with van der Waals surface area (Å²) in [5.74, 6) is 0.347. The van der Waals surface area contributed by atoms with Crippen LogP contribution < -0.4 is 5.32 Å². The highest BCUT2D eigenvalue weighted by atomic mass is 35.5. The van der Waals surface area contributed by atoms with Gasteiger partial charge in [-0.25, -0.2) is 8.42 Å². The van der Waals surface area contributed by atoms with Gasteiger partial charge in [-0.15, -0.1) is 12.4 Å². The minimum atomic E-state index is -2.85. The van der Waals surface area contributed by atoms with Gasteiger partial charge in [-0.05, 0) is 6.42 Å². The van der Waals surface area contributed by atoms with Crippen LogP contribution in [0, 0.1) is 0 Å². The van der Waals surface area contributed by atoms with E-state index in [4.69, 9.17) is 0 Å².